The lowest BCUT2D eigenvalue weighted by Gasteiger charge is -2.08. The van der Waals surface area contributed by atoms with E-state index in [2.05, 4.69) is 15.4 Å². The Bertz CT molecular complexity index is 626. The van der Waals surface area contributed by atoms with E-state index in [-0.39, 0.29) is 12.6 Å². The minimum absolute atomic E-state index is 0.248. The molecule has 0 fully saturated rings. The Morgan fingerprint density at radius 3 is 2.09 bits per heavy atom. The highest BCUT2D eigenvalue weighted by Crippen LogP contribution is 2.16. The second kappa shape index (κ2) is 7.68. The molecule has 0 radical (unpaired) electrons. The summed E-state index contributed by atoms with van der Waals surface area (Å²) in [5, 5.41) is 5.37. The average Bonchev–Trinajstić information content (AvgIpc) is 2.50. The SMILES string of the molecule is CCOC(=O)Oc1ccc(NC(=O)Nc2ccccc2)cc1. The first-order valence-electron chi connectivity index (χ1n) is 6.75. The van der Waals surface area contributed by atoms with Crippen LogP contribution in [-0.2, 0) is 4.74 Å². The van der Waals surface area contributed by atoms with Crippen molar-refractivity contribution in [1.82, 2.24) is 0 Å². The maximum Gasteiger partial charge on any atom is 0.513 e. The normalized spacial score (nSPS) is 9.68. The van der Waals surface area contributed by atoms with Gasteiger partial charge in [0.2, 0.25) is 0 Å². The lowest BCUT2D eigenvalue weighted by molar-refractivity contribution is 0.104. The second-order valence-electron chi connectivity index (χ2n) is 4.25. The summed E-state index contributed by atoms with van der Waals surface area (Å²) in [6.07, 6.45) is -0.759. The topological polar surface area (TPSA) is 76.7 Å². The standard InChI is InChI=1S/C16H16N2O4/c1-2-21-16(20)22-14-10-8-13(9-11-14)18-15(19)17-12-6-4-3-5-7-12/h3-11H,2H2,1H3,(H2,17,18,19). The Morgan fingerprint density at radius 1 is 0.909 bits per heavy atom. The molecule has 6 heteroatoms. The molecule has 0 bridgehead atoms. The molecular weight excluding hydrogens is 284 g/mol. The molecule has 0 saturated heterocycles. The van der Waals surface area contributed by atoms with Crippen LogP contribution in [0, 0.1) is 0 Å². The van der Waals surface area contributed by atoms with E-state index in [4.69, 9.17) is 4.74 Å². The Kier molecular flexibility index (Phi) is 5.37. The first kappa shape index (κ1) is 15.4. The van der Waals surface area contributed by atoms with Crippen LogP contribution in [-0.4, -0.2) is 18.8 Å². The summed E-state index contributed by atoms with van der Waals surface area (Å²) in [6, 6.07) is 15.1. The molecule has 0 saturated carbocycles. The van der Waals surface area contributed by atoms with Gasteiger partial charge in [0, 0.05) is 11.4 Å². The fraction of sp³-hybridized carbons (Fsp3) is 0.125. The first-order chi connectivity index (χ1) is 10.7. The molecule has 0 aliphatic rings. The maximum absolute atomic E-state index is 11.8. The molecule has 6 nitrogen and oxygen atoms in total. The van der Waals surface area contributed by atoms with Crippen molar-refractivity contribution in [2.24, 2.45) is 0 Å². The molecule has 22 heavy (non-hydrogen) atoms. The molecule has 0 spiro atoms. The maximum atomic E-state index is 11.8. The number of hydrogen-bond acceptors (Lipinski definition) is 4. The summed E-state index contributed by atoms with van der Waals surface area (Å²) in [5.74, 6) is 0.340. The molecule has 0 aromatic heterocycles. The molecule has 2 aromatic rings. The van der Waals surface area contributed by atoms with Gasteiger partial charge in [-0.25, -0.2) is 9.59 Å². The lowest BCUT2D eigenvalue weighted by atomic mass is 10.3. The van der Waals surface area contributed by atoms with Crippen molar-refractivity contribution in [1.29, 1.82) is 0 Å². The average molecular weight is 300 g/mol. The van der Waals surface area contributed by atoms with Gasteiger partial charge in [-0.1, -0.05) is 18.2 Å². The van der Waals surface area contributed by atoms with Gasteiger partial charge in [0.15, 0.2) is 0 Å². The van der Waals surface area contributed by atoms with Gasteiger partial charge < -0.3 is 20.1 Å². The second-order valence-corrected chi connectivity index (χ2v) is 4.25. The van der Waals surface area contributed by atoms with Gasteiger partial charge in [-0.2, -0.15) is 0 Å². The Labute approximate surface area is 128 Å². The third-order valence-electron chi connectivity index (χ3n) is 2.61. The van der Waals surface area contributed by atoms with Gasteiger partial charge in [0.05, 0.1) is 6.61 Å². The predicted molar refractivity (Wildman–Crippen MR) is 83.2 cm³/mol. The number of benzene rings is 2. The van der Waals surface area contributed by atoms with E-state index in [1.165, 1.54) is 0 Å². The Balaban J connectivity index is 1.88. The number of amides is 2. The van der Waals surface area contributed by atoms with Crippen molar-refractivity contribution in [3.63, 3.8) is 0 Å². The summed E-state index contributed by atoms with van der Waals surface area (Å²) in [5.41, 5.74) is 1.27. The summed E-state index contributed by atoms with van der Waals surface area (Å²) in [6.45, 7) is 1.94. The molecule has 114 valence electrons. The van der Waals surface area contributed by atoms with Crippen molar-refractivity contribution < 1.29 is 19.1 Å². The van der Waals surface area contributed by atoms with Gasteiger partial charge in [-0.05, 0) is 43.3 Å². The van der Waals surface area contributed by atoms with Crippen LogP contribution in [0.3, 0.4) is 0 Å². The van der Waals surface area contributed by atoms with Gasteiger partial charge >= 0.3 is 12.2 Å². The van der Waals surface area contributed by atoms with E-state index in [9.17, 15) is 9.59 Å². The summed E-state index contributed by atoms with van der Waals surface area (Å²) >= 11 is 0. The number of carbonyl (C=O) groups excluding carboxylic acids is 2. The fourth-order valence-electron chi connectivity index (χ4n) is 1.66. The quantitative estimate of drug-likeness (QED) is 0.664. The minimum Gasteiger partial charge on any atom is -0.434 e. The van der Waals surface area contributed by atoms with E-state index in [1.807, 2.05) is 18.2 Å². The molecule has 0 atom stereocenters. The van der Waals surface area contributed by atoms with Gasteiger partial charge in [0.25, 0.3) is 0 Å². The van der Waals surface area contributed by atoms with Crippen LogP contribution >= 0.6 is 0 Å². The summed E-state index contributed by atoms with van der Waals surface area (Å²) in [7, 11) is 0. The summed E-state index contributed by atoms with van der Waals surface area (Å²) in [4.78, 5) is 23.0. The predicted octanol–water partition coefficient (Wildman–Crippen LogP) is 3.87. The van der Waals surface area contributed by atoms with Crippen LogP contribution in [0.15, 0.2) is 54.6 Å². The van der Waals surface area contributed by atoms with Crippen molar-refractivity contribution in [2.75, 3.05) is 17.2 Å². The molecular formula is C16H16N2O4. The highest BCUT2D eigenvalue weighted by molar-refractivity contribution is 5.99. The van der Waals surface area contributed by atoms with Crippen molar-refractivity contribution in [3.05, 3.63) is 54.6 Å². The van der Waals surface area contributed by atoms with Crippen LogP contribution < -0.4 is 15.4 Å². The smallest absolute Gasteiger partial charge is 0.434 e. The van der Waals surface area contributed by atoms with Gasteiger partial charge in [0.1, 0.15) is 5.75 Å². The molecule has 2 rings (SSSR count). The minimum atomic E-state index is -0.759. The fourth-order valence-corrected chi connectivity index (χ4v) is 1.66. The van der Waals surface area contributed by atoms with Crippen LogP contribution in [0.2, 0.25) is 0 Å². The molecule has 2 aromatic carbocycles. The number of carbonyl (C=O) groups is 2. The Morgan fingerprint density at radius 2 is 1.50 bits per heavy atom. The number of nitrogens with one attached hydrogen (secondary N) is 2. The highest BCUT2D eigenvalue weighted by atomic mass is 16.7. The highest BCUT2D eigenvalue weighted by Gasteiger charge is 2.06. The van der Waals surface area contributed by atoms with E-state index < -0.39 is 6.16 Å². The Hall–Kier alpha value is -3.02. The number of hydrogen-bond donors (Lipinski definition) is 2. The zero-order valence-corrected chi connectivity index (χ0v) is 12.0. The molecule has 2 N–H and O–H groups in total. The molecule has 0 unspecified atom stereocenters. The number of urea groups is 1. The van der Waals surface area contributed by atoms with E-state index in [1.54, 1.807) is 43.3 Å². The molecule has 0 heterocycles. The number of ether oxygens (including phenoxy) is 2. The zero-order chi connectivity index (χ0) is 15.8. The monoisotopic (exact) mass is 300 g/mol. The van der Waals surface area contributed by atoms with Gasteiger partial charge in [-0.15, -0.1) is 0 Å². The van der Waals surface area contributed by atoms with Crippen molar-refractivity contribution >= 4 is 23.6 Å². The largest absolute Gasteiger partial charge is 0.513 e. The number of anilines is 2. The van der Waals surface area contributed by atoms with Gasteiger partial charge in [-0.3, -0.25) is 0 Å². The molecule has 2 amide bonds. The third-order valence-corrected chi connectivity index (χ3v) is 2.61. The van der Waals surface area contributed by atoms with E-state index in [0.717, 1.165) is 0 Å². The summed E-state index contributed by atoms with van der Waals surface area (Å²) < 4.78 is 9.59. The lowest BCUT2D eigenvalue weighted by Crippen LogP contribution is -2.19. The number of para-hydroxylation sites is 1. The third kappa shape index (κ3) is 4.82. The van der Waals surface area contributed by atoms with Crippen LogP contribution in [0.4, 0.5) is 21.0 Å². The van der Waals surface area contributed by atoms with Crippen molar-refractivity contribution in [2.45, 2.75) is 6.92 Å². The first-order valence-corrected chi connectivity index (χ1v) is 6.75. The zero-order valence-electron chi connectivity index (χ0n) is 12.0. The molecule has 0 aliphatic heterocycles. The molecule has 0 aliphatic carbocycles. The van der Waals surface area contributed by atoms with E-state index in [0.29, 0.717) is 17.1 Å². The van der Waals surface area contributed by atoms with Crippen LogP contribution in [0.5, 0.6) is 5.75 Å². The van der Waals surface area contributed by atoms with E-state index >= 15 is 0 Å². The van der Waals surface area contributed by atoms with Crippen molar-refractivity contribution in [3.8, 4) is 5.75 Å². The van der Waals surface area contributed by atoms with Crippen LogP contribution in [0.1, 0.15) is 6.92 Å². The van der Waals surface area contributed by atoms with Crippen LogP contribution in [0.25, 0.3) is 0 Å². The number of rotatable bonds is 4.